The number of ether oxygens (including phenoxy) is 2. The molecule has 0 aliphatic rings. The lowest BCUT2D eigenvalue weighted by atomic mass is 9.94. The minimum absolute atomic E-state index is 0.123. The molecule has 1 heterocycles. The summed E-state index contributed by atoms with van der Waals surface area (Å²) < 4.78 is 82.8. The molecule has 0 atom stereocenters. The van der Waals surface area contributed by atoms with Gasteiger partial charge in [0.15, 0.2) is 0 Å². The van der Waals surface area contributed by atoms with Gasteiger partial charge in [-0.25, -0.2) is 18.4 Å². The van der Waals surface area contributed by atoms with Crippen LogP contribution in [0.25, 0.3) is 11.1 Å². The van der Waals surface area contributed by atoms with Crippen LogP contribution in [-0.4, -0.2) is 33.9 Å². The van der Waals surface area contributed by atoms with Gasteiger partial charge in [0.25, 0.3) is 0 Å². The van der Waals surface area contributed by atoms with Gasteiger partial charge in [0.05, 0.1) is 24.8 Å². The van der Waals surface area contributed by atoms with Crippen molar-refractivity contribution in [2.75, 3.05) is 7.11 Å². The summed E-state index contributed by atoms with van der Waals surface area (Å²) in [5, 5.41) is 0. The van der Waals surface area contributed by atoms with Gasteiger partial charge in [0, 0.05) is 25.0 Å². The summed E-state index contributed by atoms with van der Waals surface area (Å²) in [6, 6.07) is 4.04. The van der Waals surface area contributed by atoms with E-state index < -0.39 is 57.7 Å². The molecule has 1 amide bonds. The van der Waals surface area contributed by atoms with Crippen LogP contribution in [0, 0.1) is 11.6 Å². The number of carbonyl (C=O) groups is 2. The fourth-order valence-electron chi connectivity index (χ4n) is 3.56. The average Bonchev–Trinajstić information content (AvgIpc) is 3.11. The van der Waals surface area contributed by atoms with E-state index in [1.54, 1.807) is 34.0 Å². The quantitative estimate of drug-likeness (QED) is 0.335. The highest BCUT2D eigenvalue weighted by molar-refractivity contribution is 5.92. The fourth-order valence-corrected chi connectivity index (χ4v) is 3.56. The van der Waals surface area contributed by atoms with E-state index in [0.717, 1.165) is 31.4 Å². The molecule has 0 spiro atoms. The van der Waals surface area contributed by atoms with E-state index in [-0.39, 0.29) is 23.8 Å². The number of halogens is 5. The Morgan fingerprint density at radius 3 is 2.27 bits per heavy atom. The van der Waals surface area contributed by atoms with Gasteiger partial charge < -0.3 is 18.6 Å². The van der Waals surface area contributed by atoms with Crippen molar-refractivity contribution < 1.29 is 41.0 Å². The summed E-state index contributed by atoms with van der Waals surface area (Å²) >= 11 is 0. The van der Waals surface area contributed by atoms with E-state index in [0.29, 0.717) is 0 Å². The molecule has 3 rings (SSSR count). The number of hydrogen-bond acceptors (Lipinski definition) is 4. The van der Waals surface area contributed by atoms with Crippen molar-refractivity contribution in [1.29, 1.82) is 0 Å². The lowest BCUT2D eigenvalue weighted by Gasteiger charge is -2.17. The van der Waals surface area contributed by atoms with Crippen molar-refractivity contribution in [3.63, 3.8) is 0 Å². The molecule has 198 valence electrons. The van der Waals surface area contributed by atoms with Crippen molar-refractivity contribution in [3.8, 4) is 11.1 Å². The Kier molecular flexibility index (Phi) is 7.61. The SMILES string of the molecule is COC(=O)c1cc(Cn2ccn(C)/c2=N/C(=O)OC(C)(C)C)cc(-c2ccc(F)cc2C(F)(F)F)c1F. The molecule has 2 aromatic carbocycles. The van der Waals surface area contributed by atoms with Crippen molar-refractivity contribution >= 4 is 12.1 Å². The summed E-state index contributed by atoms with van der Waals surface area (Å²) in [6.45, 7) is 4.87. The predicted octanol–water partition coefficient (Wildman–Crippen LogP) is 5.46. The van der Waals surface area contributed by atoms with Crippen LogP contribution in [0.1, 0.15) is 42.3 Å². The number of aryl methyl sites for hydroxylation is 1. The molecule has 0 unspecified atom stereocenters. The number of alkyl halides is 3. The molecule has 3 aromatic rings. The largest absolute Gasteiger partial charge is 0.465 e. The van der Waals surface area contributed by atoms with E-state index in [4.69, 9.17) is 4.74 Å². The number of esters is 1. The van der Waals surface area contributed by atoms with Gasteiger partial charge in [-0.1, -0.05) is 6.07 Å². The van der Waals surface area contributed by atoms with Crippen molar-refractivity contribution in [1.82, 2.24) is 9.13 Å². The van der Waals surface area contributed by atoms with E-state index in [2.05, 4.69) is 9.73 Å². The first-order valence-electron chi connectivity index (χ1n) is 10.9. The van der Waals surface area contributed by atoms with Crippen LogP contribution < -0.4 is 5.62 Å². The van der Waals surface area contributed by atoms with Crippen LogP contribution in [0.5, 0.6) is 0 Å². The number of carbonyl (C=O) groups excluding carboxylic acids is 2. The maximum absolute atomic E-state index is 15.3. The molecular formula is C25H24F5N3O4. The average molecular weight is 525 g/mol. The number of hydrogen-bond donors (Lipinski definition) is 0. The van der Waals surface area contributed by atoms with E-state index >= 15 is 4.39 Å². The van der Waals surface area contributed by atoms with E-state index in [1.807, 2.05) is 0 Å². The predicted molar refractivity (Wildman–Crippen MR) is 122 cm³/mol. The molecule has 37 heavy (non-hydrogen) atoms. The number of nitrogens with zero attached hydrogens (tertiary/aromatic N) is 3. The molecule has 0 bridgehead atoms. The standard InChI is InChI=1S/C25H24F5N3O4/c1-24(2,3)37-23(35)31-22-32(4)8-9-33(22)13-14-10-17(20(27)18(11-14)21(34)36-5)16-7-6-15(26)12-19(16)25(28,29)30/h6-12H,13H2,1-5H3/b31-22-. The zero-order valence-corrected chi connectivity index (χ0v) is 20.6. The third-order valence-electron chi connectivity index (χ3n) is 5.10. The second-order valence-corrected chi connectivity index (χ2v) is 9.11. The summed E-state index contributed by atoms with van der Waals surface area (Å²) in [7, 11) is 2.60. The van der Waals surface area contributed by atoms with Gasteiger partial charge in [-0.05, 0) is 56.2 Å². The zero-order valence-electron chi connectivity index (χ0n) is 20.6. The summed E-state index contributed by atoms with van der Waals surface area (Å²) in [4.78, 5) is 28.5. The van der Waals surface area contributed by atoms with Crippen LogP contribution in [0.2, 0.25) is 0 Å². The monoisotopic (exact) mass is 525 g/mol. The second-order valence-electron chi connectivity index (χ2n) is 9.11. The Hall–Kier alpha value is -3.96. The number of benzene rings is 2. The second kappa shape index (κ2) is 10.2. The Bertz CT molecular complexity index is 1420. The van der Waals surface area contributed by atoms with Gasteiger partial charge in [-0.15, -0.1) is 4.99 Å². The number of rotatable bonds is 4. The van der Waals surface area contributed by atoms with Crippen molar-refractivity contribution in [2.45, 2.75) is 39.1 Å². The number of imidazole rings is 1. The minimum atomic E-state index is -5.00. The Labute approximate surface area is 208 Å². The fraction of sp³-hybridized carbons (Fsp3) is 0.320. The summed E-state index contributed by atoms with van der Waals surface area (Å²) in [5.41, 5.74) is -3.75. The van der Waals surface area contributed by atoms with Gasteiger partial charge in [-0.2, -0.15) is 13.2 Å². The summed E-state index contributed by atoms with van der Waals surface area (Å²) in [5.74, 6) is -3.54. The maximum Gasteiger partial charge on any atom is 0.437 e. The molecule has 0 saturated heterocycles. The number of aromatic nitrogens is 2. The molecule has 0 radical (unpaired) electrons. The molecule has 1 aromatic heterocycles. The highest BCUT2D eigenvalue weighted by Gasteiger charge is 2.35. The topological polar surface area (TPSA) is 74.8 Å². The molecule has 0 fully saturated rings. The Balaban J connectivity index is 2.19. The Morgan fingerprint density at radius 1 is 1.00 bits per heavy atom. The first-order valence-corrected chi connectivity index (χ1v) is 10.9. The zero-order chi connectivity index (χ0) is 27.7. The maximum atomic E-state index is 15.3. The van der Waals surface area contributed by atoms with Gasteiger partial charge in [-0.3, -0.25) is 0 Å². The normalized spacial score (nSPS) is 12.5. The van der Waals surface area contributed by atoms with Crippen LogP contribution in [0.3, 0.4) is 0 Å². The Morgan fingerprint density at radius 2 is 1.68 bits per heavy atom. The first-order chi connectivity index (χ1) is 17.1. The molecule has 0 aliphatic heterocycles. The smallest absolute Gasteiger partial charge is 0.437 e. The lowest BCUT2D eigenvalue weighted by Crippen LogP contribution is -2.29. The highest BCUT2D eigenvalue weighted by Crippen LogP contribution is 2.39. The molecule has 0 aliphatic carbocycles. The van der Waals surface area contributed by atoms with Gasteiger partial charge in [0.2, 0.25) is 5.62 Å². The molecular weight excluding hydrogens is 501 g/mol. The molecule has 7 nitrogen and oxygen atoms in total. The highest BCUT2D eigenvalue weighted by atomic mass is 19.4. The van der Waals surface area contributed by atoms with Crippen LogP contribution >= 0.6 is 0 Å². The third-order valence-corrected chi connectivity index (χ3v) is 5.10. The minimum Gasteiger partial charge on any atom is -0.465 e. The van der Waals surface area contributed by atoms with E-state index in [9.17, 15) is 27.2 Å². The summed E-state index contributed by atoms with van der Waals surface area (Å²) in [6.07, 6.45) is -2.78. The third kappa shape index (κ3) is 6.43. The number of amides is 1. The van der Waals surface area contributed by atoms with Gasteiger partial charge in [0.1, 0.15) is 17.2 Å². The van der Waals surface area contributed by atoms with E-state index in [1.165, 1.54) is 15.3 Å². The molecule has 12 heteroatoms. The van der Waals surface area contributed by atoms with Gasteiger partial charge >= 0.3 is 18.2 Å². The lowest BCUT2D eigenvalue weighted by molar-refractivity contribution is -0.137. The molecule has 0 N–H and O–H groups in total. The van der Waals surface area contributed by atoms with Crippen molar-refractivity contribution in [2.24, 2.45) is 12.0 Å². The van der Waals surface area contributed by atoms with Crippen molar-refractivity contribution in [3.05, 3.63) is 76.7 Å². The first kappa shape index (κ1) is 27.6. The number of methoxy groups -OCH3 is 1. The van der Waals surface area contributed by atoms with Crippen LogP contribution in [0.15, 0.2) is 47.7 Å². The van der Waals surface area contributed by atoms with Crippen LogP contribution in [0.4, 0.5) is 26.7 Å². The van der Waals surface area contributed by atoms with Crippen LogP contribution in [-0.2, 0) is 29.2 Å². The molecule has 0 saturated carbocycles.